The SMILES string of the molecule is Cn1nc(OC2CCOCC2)cc(N2CCC3(CCCC(=O)N3c3ccc(F)c(F)c3)CC2)c1=O. The van der Waals surface area contributed by atoms with Crippen LogP contribution >= 0.6 is 0 Å². The quantitative estimate of drug-likeness (QED) is 0.658. The Bertz CT molecular complexity index is 1160. The number of aryl methyl sites for hydroxylation is 1. The Hall–Kier alpha value is -3.01. The molecule has 1 spiro atoms. The zero-order chi connectivity index (χ0) is 24.6. The van der Waals surface area contributed by atoms with Crippen LogP contribution in [-0.2, 0) is 16.6 Å². The summed E-state index contributed by atoms with van der Waals surface area (Å²) in [7, 11) is 1.61. The molecule has 4 heterocycles. The normalized spacial score (nSPS) is 20.9. The Kier molecular flexibility index (Phi) is 6.48. The maximum Gasteiger partial charge on any atom is 0.290 e. The summed E-state index contributed by atoms with van der Waals surface area (Å²) < 4.78 is 40.3. The summed E-state index contributed by atoms with van der Waals surface area (Å²) in [5, 5.41) is 4.28. The van der Waals surface area contributed by atoms with Crippen molar-refractivity contribution in [3.8, 4) is 5.88 Å². The molecule has 0 atom stereocenters. The number of anilines is 2. The van der Waals surface area contributed by atoms with Crippen LogP contribution in [0.2, 0.25) is 0 Å². The zero-order valence-electron chi connectivity index (χ0n) is 19.8. The number of ether oxygens (including phenoxy) is 2. The highest BCUT2D eigenvalue weighted by molar-refractivity contribution is 5.95. The van der Waals surface area contributed by atoms with Crippen LogP contribution in [0.1, 0.15) is 44.9 Å². The van der Waals surface area contributed by atoms with E-state index in [0.29, 0.717) is 62.8 Å². The smallest absolute Gasteiger partial charge is 0.290 e. The number of carbonyl (C=O) groups is 1. The monoisotopic (exact) mass is 488 g/mol. The van der Waals surface area contributed by atoms with Gasteiger partial charge in [-0.3, -0.25) is 9.59 Å². The van der Waals surface area contributed by atoms with Gasteiger partial charge in [0.15, 0.2) is 11.6 Å². The first-order valence-corrected chi connectivity index (χ1v) is 12.2. The number of amides is 1. The van der Waals surface area contributed by atoms with E-state index in [-0.39, 0.29) is 17.6 Å². The molecule has 0 saturated carbocycles. The van der Waals surface area contributed by atoms with E-state index >= 15 is 0 Å². The van der Waals surface area contributed by atoms with Crippen molar-refractivity contribution in [2.75, 3.05) is 36.1 Å². The molecule has 1 amide bonds. The molecular formula is C25H30F2N4O4. The van der Waals surface area contributed by atoms with Crippen molar-refractivity contribution in [1.29, 1.82) is 0 Å². The third-order valence-electron chi connectivity index (χ3n) is 7.43. The summed E-state index contributed by atoms with van der Waals surface area (Å²) in [5.74, 6) is -1.58. The van der Waals surface area contributed by atoms with Gasteiger partial charge < -0.3 is 19.3 Å². The molecule has 1 aromatic carbocycles. The van der Waals surface area contributed by atoms with Crippen LogP contribution in [0.4, 0.5) is 20.2 Å². The topological polar surface area (TPSA) is 76.9 Å². The van der Waals surface area contributed by atoms with Crippen molar-refractivity contribution >= 4 is 17.3 Å². The fraction of sp³-hybridized carbons (Fsp3) is 0.560. The van der Waals surface area contributed by atoms with E-state index in [9.17, 15) is 18.4 Å². The Morgan fingerprint density at radius 3 is 2.51 bits per heavy atom. The predicted octanol–water partition coefficient (Wildman–Crippen LogP) is 3.17. The van der Waals surface area contributed by atoms with Crippen LogP contribution in [0.25, 0.3) is 0 Å². The molecule has 35 heavy (non-hydrogen) atoms. The standard InChI is InChI=1S/C25H30F2N4O4/c1-29-24(33)21(16-22(28-29)35-18-6-13-34-14-7-18)30-11-9-25(10-12-30)8-2-3-23(32)31(25)17-4-5-19(26)20(27)15-17/h4-5,15-16,18H,2-3,6-14H2,1H3. The van der Waals surface area contributed by atoms with Crippen molar-refractivity contribution in [1.82, 2.24) is 9.78 Å². The Morgan fingerprint density at radius 2 is 1.80 bits per heavy atom. The van der Waals surface area contributed by atoms with E-state index in [1.807, 2.05) is 4.90 Å². The number of carbonyl (C=O) groups excluding carboxylic acids is 1. The molecule has 3 fully saturated rings. The van der Waals surface area contributed by atoms with Crippen molar-refractivity contribution in [3.63, 3.8) is 0 Å². The van der Waals surface area contributed by atoms with Gasteiger partial charge in [-0.2, -0.15) is 0 Å². The zero-order valence-corrected chi connectivity index (χ0v) is 19.8. The maximum absolute atomic E-state index is 14.0. The third-order valence-corrected chi connectivity index (χ3v) is 7.43. The highest BCUT2D eigenvalue weighted by Gasteiger charge is 2.45. The number of aromatic nitrogens is 2. The van der Waals surface area contributed by atoms with Gasteiger partial charge in [0.1, 0.15) is 11.8 Å². The molecule has 10 heteroatoms. The van der Waals surface area contributed by atoms with E-state index in [1.54, 1.807) is 18.0 Å². The van der Waals surface area contributed by atoms with Crippen LogP contribution in [-0.4, -0.2) is 53.6 Å². The Balaban J connectivity index is 1.37. The van der Waals surface area contributed by atoms with Gasteiger partial charge in [0.2, 0.25) is 11.8 Å². The Labute approximate surface area is 202 Å². The molecule has 0 N–H and O–H groups in total. The summed E-state index contributed by atoms with van der Waals surface area (Å²) in [4.78, 5) is 29.6. The minimum absolute atomic E-state index is 0.00383. The van der Waals surface area contributed by atoms with Gasteiger partial charge in [-0.1, -0.05) is 0 Å². The van der Waals surface area contributed by atoms with Gasteiger partial charge in [0.25, 0.3) is 5.56 Å². The lowest BCUT2D eigenvalue weighted by molar-refractivity contribution is -0.121. The van der Waals surface area contributed by atoms with E-state index < -0.39 is 17.2 Å². The van der Waals surface area contributed by atoms with Gasteiger partial charge >= 0.3 is 0 Å². The first-order valence-electron chi connectivity index (χ1n) is 12.2. The van der Waals surface area contributed by atoms with Crippen LogP contribution in [0.3, 0.4) is 0 Å². The lowest BCUT2D eigenvalue weighted by Gasteiger charge is -2.51. The number of hydrogen-bond acceptors (Lipinski definition) is 6. The van der Waals surface area contributed by atoms with E-state index in [4.69, 9.17) is 9.47 Å². The molecule has 0 aliphatic carbocycles. The lowest BCUT2D eigenvalue weighted by atomic mass is 9.77. The first kappa shape index (κ1) is 23.7. The summed E-state index contributed by atoms with van der Waals surface area (Å²) in [6, 6.07) is 5.34. The van der Waals surface area contributed by atoms with Crippen molar-refractivity contribution in [2.45, 2.75) is 56.6 Å². The van der Waals surface area contributed by atoms with Gasteiger partial charge in [0, 0.05) is 57.2 Å². The van der Waals surface area contributed by atoms with E-state index in [2.05, 4.69) is 5.10 Å². The summed E-state index contributed by atoms with van der Waals surface area (Å²) >= 11 is 0. The summed E-state index contributed by atoms with van der Waals surface area (Å²) in [6.07, 6.45) is 4.68. The predicted molar refractivity (Wildman–Crippen MR) is 126 cm³/mol. The number of nitrogens with zero attached hydrogens (tertiary/aromatic N) is 4. The van der Waals surface area contributed by atoms with Gasteiger partial charge in [-0.25, -0.2) is 13.5 Å². The second-order valence-electron chi connectivity index (χ2n) is 9.62. The average molecular weight is 489 g/mol. The maximum atomic E-state index is 14.0. The highest BCUT2D eigenvalue weighted by Crippen LogP contribution is 2.42. The van der Waals surface area contributed by atoms with Gasteiger partial charge in [-0.15, -0.1) is 5.10 Å². The lowest BCUT2D eigenvalue weighted by Crippen LogP contribution is -2.60. The molecule has 3 saturated heterocycles. The number of hydrogen-bond donors (Lipinski definition) is 0. The van der Waals surface area contributed by atoms with Gasteiger partial charge in [0.05, 0.1) is 18.8 Å². The molecule has 0 radical (unpaired) electrons. The molecule has 1 aromatic heterocycles. The fourth-order valence-corrected chi connectivity index (χ4v) is 5.55. The minimum Gasteiger partial charge on any atom is -0.473 e. The third kappa shape index (κ3) is 4.63. The first-order chi connectivity index (χ1) is 16.9. The van der Waals surface area contributed by atoms with E-state index in [0.717, 1.165) is 37.8 Å². The van der Waals surface area contributed by atoms with Gasteiger partial charge in [-0.05, 0) is 37.8 Å². The van der Waals surface area contributed by atoms with Crippen LogP contribution < -0.4 is 20.1 Å². The van der Waals surface area contributed by atoms with Crippen molar-refractivity contribution in [3.05, 3.63) is 46.3 Å². The van der Waals surface area contributed by atoms with Crippen LogP contribution in [0.5, 0.6) is 5.88 Å². The Morgan fingerprint density at radius 1 is 1.06 bits per heavy atom. The molecule has 0 bridgehead atoms. The molecule has 5 rings (SSSR count). The van der Waals surface area contributed by atoms with Crippen molar-refractivity contribution < 1.29 is 23.0 Å². The number of piperidine rings is 2. The average Bonchev–Trinajstić information content (AvgIpc) is 2.85. The molecule has 0 unspecified atom stereocenters. The second kappa shape index (κ2) is 9.56. The molecule has 3 aliphatic heterocycles. The second-order valence-corrected chi connectivity index (χ2v) is 9.62. The minimum atomic E-state index is -0.967. The molecule has 3 aliphatic rings. The molecular weight excluding hydrogens is 458 g/mol. The highest BCUT2D eigenvalue weighted by atomic mass is 19.2. The van der Waals surface area contributed by atoms with Crippen LogP contribution in [0.15, 0.2) is 29.1 Å². The van der Waals surface area contributed by atoms with E-state index in [1.165, 1.54) is 10.7 Å². The van der Waals surface area contributed by atoms with Crippen molar-refractivity contribution in [2.24, 2.45) is 7.05 Å². The fourth-order valence-electron chi connectivity index (χ4n) is 5.55. The number of halogens is 2. The number of rotatable bonds is 4. The van der Waals surface area contributed by atoms with Crippen LogP contribution in [0, 0.1) is 11.6 Å². The number of benzene rings is 1. The molecule has 8 nitrogen and oxygen atoms in total. The summed E-state index contributed by atoms with van der Waals surface area (Å²) in [6.45, 7) is 2.38. The molecule has 2 aromatic rings. The molecule has 188 valence electrons. The summed E-state index contributed by atoms with van der Waals surface area (Å²) in [5.41, 5.74) is 0.197. The largest absolute Gasteiger partial charge is 0.473 e.